The molecule has 2 aromatic rings. The van der Waals surface area contributed by atoms with Gasteiger partial charge < -0.3 is 15.5 Å². The van der Waals surface area contributed by atoms with Crippen LogP contribution in [0, 0.1) is 0 Å². The molecule has 2 amide bonds. The Hall–Kier alpha value is -3.71. The van der Waals surface area contributed by atoms with Crippen molar-refractivity contribution >= 4 is 28.7 Å². The van der Waals surface area contributed by atoms with Gasteiger partial charge in [0.05, 0.1) is 23.2 Å². The zero-order valence-corrected chi connectivity index (χ0v) is 24.1. The van der Waals surface area contributed by atoms with Crippen molar-refractivity contribution < 1.29 is 31.2 Å². The second kappa shape index (κ2) is 15.3. The molecule has 2 N–H and O–H groups in total. The summed E-state index contributed by atoms with van der Waals surface area (Å²) >= 11 is 0. The molecule has 224 valence electrons. The summed E-state index contributed by atoms with van der Waals surface area (Å²) in [6, 6.07) is 11.7. The van der Waals surface area contributed by atoms with E-state index in [-0.39, 0.29) is 43.4 Å². The van der Waals surface area contributed by atoms with Crippen LogP contribution in [0.15, 0.2) is 70.7 Å². The number of piperazine rings is 1. The molecule has 1 fully saturated rings. The van der Waals surface area contributed by atoms with Crippen LogP contribution in [0.5, 0.6) is 0 Å². The highest BCUT2D eigenvalue weighted by Crippen LogP contribution is 2.30. The zero-order valence-electron chi connectivity index (χ0n) is 23.3. The summed E-state index contributed by atoms with van der Waals surface area (Å²) < 4.78 is 64.3. The number of nitrogens with one attached hydrogen (secondary N) is 2. The van der Waals surface area contributed by atoms with Crippen LogP contribution in [0.25, 0.3) is 0 Å². The first-order valence-corrected chi connectivity index (χ1v) is 14.3. The van der Waals surface area contributed by atoms with E-state index in [1.165, 1.54) is 16.8 Å². The Morgan fingerprint density at radius 2 is 1.63 bits per heavy atom. The Balaban J connectivity index is 0.000000377. The van der Waals surface area contributed by atoms with Gasteiger partial charge >= 0.3 is 6.18 Å². The molecule has 1 heterocycles. The van der Waals surface area contributed by atoms with Crippen LogP contribution in [0.4, 0.5) is 13.2 Å². The van der Waals surface area contributed by atoms with Gasteiger partial charge in [-0.05, 0) is 41.3 Å². The first-order chi connectivity index (χ1) is 19.3. The first kappa shape index (κ1) is 33.5. The maximum atomic E-state index is 12.6. The predicted octanol–water partition coefficient (Wildman–Crippen LogP) is 3.75. The van der Waals surface area contributed by atoms with Gasteiger partial charge in [0.25, 0.3) is 0 Å². The van der Waals surface area contributed by atoms with Crippen molar-refractivity contribution in [3.8, 4) is 0 Å². The van der Waals surface area contributed by atoms with E-state index in [1.54, 1.807) is 7.05 Å². The fourth-order valence-electron chi connectivity index (χ4n) is 3.82. The Kier molecular flexibility index (Phi) is 12.5. The monoisotopic (exact) mass is 595 g/mol. The number of carbonyl (C=O) groups is 2. The van der Waals surface area contributed by atoms with Gasteiger partial charge in [-0.25, -0.2) is 8.42 Å². The van der Waals surface area contributed by atoms with Gasteiger partial charge in [0, 0.05) is 45.5 Å². The second-order valence-corrected chi connectivity index (χ2v) is 11.5. The third-order valence-corrected chi connectivity index (χ3v) is 8.12. The number of hydrogen-bond donors (Lipinski definition) is 2. The Labute approximate surface area is 239 Å². The highest BCUT2D eigenvalue weighted by molar-refractivity contribution is 7.89. The van der Waals surface area contributed by atoms with Gasteiger partial charge in [0.15, 0.2) is 0 Å². The van der Waals surface area contributed by atoms with Crippen molar-refractivity contribution in [2.75, 3.05) is 33.2 Å². The SMILES string of the molecule is C=C(CC(=O)N1CCN(S(=O)(=O)c2ccc(C(F)(F)F)cc2)CC1)NC=NC.CC(C)c1ccc(CNC=O)cc1. The molecule has 0 atom stereocenters. The number of benzene rings is 2. The van der Waals surface area contributed by atoms with E-state index in [9.17, 15) is 31.2 Å². The number of sulfonamides is 1. The lowest BCUT2D eigenvalue weighted by molar-refractivity contribution is -0.137. The molecule has 2 aromatic carbocycles. The third-order valence-electron chi connectivity index (χ3n) is 6.21. The standard InChI is InChI=1S/C17H21F3N4O3S.C11H15NO/c1-13(22-12-21-2)11-16(25)23-7-9-24(10-8-23)28(26,27)15-5-3-14(4-6-15)17(18,19)20;1-9(2)11-5-3-10(4-6-11)7-12-8-13/h3-6,12H,1,7-11H2,2H3,(H,21,22);3-6,8-9H,7H2,1-2H3,(H,12,13). The maximum absolute atomic E-state index is 12.6. The summed E-state index contributed by atoms with van der Waals surface area (Å²) in [6.07, 6.45) is -2.35. The molecule has 1 aliphatic heterocycles. The van der Waals surface area contributed by atoms with Gasteiger partial charge in [-0.15, -0.1) is 0 Å². The summed E-state index contributed by atoms with van der Waals surface area (Å²) in [7, 11) is -2.36. The Morgan fingerprint density at radius 1 is 1.05 bits per heavy atom. The van der Waals surface area contributed by atoms with Crippen molar-refractivity contribution in [1.82, 2.24) is 19.8 Å². The van der Waals surface area contributed by atoms with E-state index in [0.717, 1.165) is 40.5 Å². The van der Waals surface area contributed by atoms with E-state index < -0.39 is 21.8 Å². The molecule has 13 heteroatoms. The number of hydrogen-bond acceptors (Lipinski definition) is 5. The van der Waals surface area contributed by atoms with Crippen LogP contribution >= 0.6 is 0 Å². The van der Waals surface area contributed by atoms with Crippen molar-refractivity contribution in [3.05, 3.63) is 77.5 Å². The van der Waals surface area contributed by atoms with Crippen molar-refractivity contribution in [2.24, 2.45) is 4.99 Å². The molecule has 0 bridgehead atoms. The molecule has 1 saturated heterocycles. The quantitative estimate of drug-likeness (QED) is 0.247. The number of carbonyl (C=O) groups excluding carboxylic acids is 2. The average molecular weight is 596 g/mol. The second-order valence-electron chi connectivity index (χ2n) is 9.51. The molecule has 1 aliphatic rings. The van der Waals surface area contributed by atoms with Crippen LogP contribution in [0.1, 0.15) is 42.9 Å². The van der Waals surface area contributed by atoms with E-state index in [1.807, 2.05) is 12.1 Å². The molecular formula is C28H36F3N5O4S. The van der Waals surface area contributed by atoms with Gasteiger partial charge in [-0.1, -0.05) is 44.7 Å². The summed E-state index contributed by atoms with van der Waals surface area (Å²) in [5.74, 6) is 0.363. The van der Waals surface area contributed by atoms with Crippen molar-refractivity contribution in [1.29, 1.82) is 0 Å². The molecule has 0 spiro atoms. The number of aliphatic imine (C=N–C) groups is 1. The third kappa shape index (κ3) is 10.3. The lowest BCUT2D eigenvalue weighted by Gasteiger charge is -2.34. The zero-order chi connectivity index (χ0) is 30.6. The Morgan fingerprint density at radius 3 is 2.12 bits per heavy atom. The maximum Gasteiger partial charge on any atom is 0.416 e. The minimum absolute atomic E-state index is 0.0532. The van der Waals surface area contributed by atoms with Crippen LogP contribution in [-0.4, -0.2) is 69.5 Å². The van der Waals surface area contributed by atoms with Gasteiger partial charge in [0.2, 0.25) is 22.3 Å². The summed E-state index contributed by atoms with van der Waals surface area (Å²) in [6.45, 7) is 9.15. The minimum Gasteiger partial charge on any atom is -0.355 e. The lowest BCUT2D eigenvalue weighted by Crippen LogP contribution is -2.50. The summed E-state index contributed by atoms with van der Waals surface area (Å²) in [5.41, 5.74) is 2.02. The van der Waals surface area contributed by atoms with Crippen molar-refractivity contribution in [2.45, 2.75) is 43.8 Å². The molecule has 9 nitrogen and oxygen atoms in total. The molecule has 3 rings (SSSR count). The normalized spacial score (nSPS) is 14.4. The number of halogens is 3. The fraction of sp³-hybridized carbons (Fsp3) is 0.393. The predicted molar refractivity (Wildman–Crippen MR) is 152 cm³/mol. The molecular weight excluding hydrogens is 559 g/mol. The highest BCUT2D eigenvalue weighted by atomic mass is 32.2. The topological polar surface area (TPSA) is 111 Å². The fourth-order valence-corrected chi connectivity index (χ4v) is 5.25. The van der Waals surface area contributed by atoms with Crippen LogP contribution < -0.4 is 10.6 Å². The number of amides is 2. The van der Waals surface area contributed by atoms with Crippen LogP contribution in [0.2, 0.25) is 0 Å². The smallest absolute Gasteiger partial charge is 0.355 e. The molecule has 41 heavy (non-hydrogen) atoms. The molecule has 0 radical (unpaired) electrons. The molecule has 0 saturated carbocycles. The average Bonchev–Trinajstić information content (AvgIpc) is 2.95. The molecule has 0 aromatic heterocycles. The summed E-state index contributed by atoms with van der Waals surface area (Å²) in [4.78, 5) is 27.3. The highest BCUT2D eigenvalue weighted by Gasteiger charge is 2.33. The molecule has 0 aliphatic carbocycles. The van der Waals surface area contributed by atoms with Crippen molar-refractivity contribution in [3.63, 3.8) is 0 Å². The number of alkyl halides is 3. The summed E-state index contributed by atoms with van der Waals surface area (Å²) in [5, 5.41) is 5.38. The van der Waals surface area contributed by atoms with Crippen LogP contribution in [0.3, 0.4) is 0 Å². The molecule has 0 unspecified atom stereocenters. The van der Waals surface area contributed by atoms with Gasteiger partial charge in [-0.3, -0.25) is 14.6 Å². The minimum atomic E-state index is -4.53. The Bertz CT molecular complexity index is 1290. The van der Waals surface area contributed by atoms with Gasteiger partial charge in [0.1, 0.15) is 0 Å². The van der Waals surface area contributed by atoms with Crippen LogP contribution in [-0.2, 0) is 32.3 Å². The number of rotatable bonds is 10. The van der Waals surface area contributed by atoms with E-state index >= 15 is 0 Å². The largest absolute Gasteiger partial charge is 0.416 e. The number of nitrogens with zero attached hydrogens (tertiary/aromatic N) is 3. The van der Waals surface area contributed by atoms with E-state index in [0.29, 0.717) is 18.2 Å². The van der Waals surface area contributed by atoms with E-state index in [2.05, 4.69) is 48.2 Å². The lowest BCUT2D eigenvalue weighted by atomic mass is 10.0. The van der Waals surface area contributed by atoms with E-state index in [4.69, 9.17) is 0 Å². The first-order valence-electron chi connectivity index (χ1n) is 12.9. The van der Waals surface area contributed by atoms with Gasteiger partial charge in [-0.2, -0.15) is 17.5 Å².